The van der Waals surface area contributed by atoms with Crippen LogP contribution in [0.1, 0.15) is 15.9 Å². The zero-order valence-electron chi connectivity index (χ0n) is 11.0. The van der Waals surface area contributed by atoms with Gasteiger partial charge in [0, 0.05) is 18.8 Å². The topological polar surface area (TPSA) is 97.5 Å². The Kier molecular flexibility index (Phi) is 4.05. The summed E-state index contributed by atoms with van der Waals surface area (Å²) < 4.78 is 5.00. The minimum absolute atomic E-state index is 0.144. The van der Waals surface area contributed by atoms with Gasteiger partial charge in [0.15, 0.2) is 5.75 Å². The Labute approximate surface area is 116 Å². The Bertz CT molecular complexity index is 629. The molecule has 6 heteroatoms. The maximum atomic E-state index is 12.0. The van der Waals surface area contributed by atoms with Crippen molar-refractivity contribution in [3.8, 4) is 11.6 Å². The summed E-state index contributed by atoms with van der Waals surface area (Å²) in [6.07, 6.45) is 1.60. The number of phenols is 1. The molecule has 2 aromatic rings. The number of aromatic nitrogens is 1. The summed E-state index contributed by atoms with van der Waals surface area (Å²) in [5.74, 6) is -0.133. The van der Waals surface area contributed by atoms with Gasteiger partial charge in [-0.25, -0.2) is 4.98 Å². The molecule has 1 heterocycles. The smallest absolute Gasteiger partial charge is 0.255 e. The predicted molar refractivity (Wildman–Crippen MR) is 74.5 cm³/mol. The molecule has 0 saturated carbocycles. The highest BCUT2D eigenvalue weighted by molar-refractivity contribution is 5.98. The average Bonchev–Trinajstić information content (AvgIpc) is 2.48. The largest absolute Gasteiger partial charge is 0.505 e. The van der Waals surface area contributed by atoms with Crippen LogP contribution in [0.5, 0.6) is 11.6 Å². The number of nitrogens with two attached hydrogens (primary N) is 1. The third-order valence-corrected chi connectivity index (χ3v) is 2.77. The Morgan fingerprint density at radius 3 is 3.00 bits per heavy atom. The van der Waals surface area contributed by atoms with Gasteiger partial charge in [-0.2, -0.15) is 0 Å². The van der Waals surface area contributed by atoms with Crippen molar-refractivity contribution >= 4 is 11.6 Å². The number of rotatable bonds is 4. The molecule has 0 aliphatic heterocycles. The van der Waals surface area contributed by atoms with Crippen LogP contribution < -0.4 is 15.8 Å². The maximum absolute atomic E-state index is 12.0. The minimum atomic E-state index is -0.398. The van der Waals surface area contributed by atoms with Crippen LogP contribution in [0.25, 0.3) is 0 Å². The number of pyridine rings is 1. The van der Waals surface area contributed by atoms with Crippen LogP contribution in [0.4, 0.5) is 5.69 Å². The molecule has 0 aliphatic carbocycles. The molecule has 0 radical (unpaired) electrons. The number of anilines is 1. The van der Waals surface area contributed by atoms with Gasteiger partial charge in [-0.05, 0) is 23.8 Å². The first-order chi connectivity index (χ1) is 9.61. The summed E-state index contributed by atoms with van der Waals surface area (Å²) in [7, 11) is 1.52. The number of hydrogen-bond donors (Lipinski definition) is 3. The van der Waals surface area contributed by atoms with Gasteiger partial charge in [-0.15, -0.1) is 0 Å². The Morgan fingerprint density at radius 2 is 2.25 bits per heavy atom. The van der Waals surface area contributed by atoms with E-state index in [4.69, 9.17) is 10.5 Å². The molecule has 0 atom stereocenters. The van der Waals surface area contributed by atoms with E-state index in [2.05, 4.69) is 10.3 Å². The minimum Gasteiger partial charge on any atom is -0.505 e. The van der Waals surface area contributed by atoms with Gasteiger partial charge in [-0.3, -0.25) is 4.79 Å². The average molecular weight is 273 g/mol. The quantitative estimate of drug-likeness (QED) is 0.576. The molecule has 0 fully saturated rings. The number of para-hydroxylation sites is 1. The third-order valence-electron chi connectivity index (χ3n) is 2.77. The first-order valence-corrected chi connectivity index (χ1v) is 5.96. The molecular weight excluding hydrogens is 258 g/mol. The molecule has 1 amide bonds. The second-order valence-electron chi connectivity index (χ2n) is 4.13. The van der Waals surface area contributed by atoms with E-state index in [9.17, 15) is 9.90 Å². The van der Waals surface area contributed by atoms with Crippen LogP contribution in [0.3, 0.4) is 0 Å². The highest BCUT2D eigenvalue weighted by Gasteiger charge is 2.12. The lowest BCUT2D eigenvalue weighted by Gasteiger charge is -2.08. The van der Waals surface area contributed by atoms with Crippen LogP contribution in [0.15, 0.2) is 36.5 Å². The van der Waals surface area contributed by atoms with Crippen molar-refractivity contribution in [3.63, 3.8) is 0 Å². The molecule has 6 nitrogen and oxygen atoms in total. The fourth-order valence-corrected chi connectivity index (χ4v) is 1.69. The van der Waals surface area contributed by atoms with E-state index in [0.717, 1.165) is 5.56 Å². The van der Waals surface area contributed by atoms with Crippen molar-refractivity contribution < 1.29 is 14.6 Å². The van der Waals surface area contributed by atoms with E-state index >= 15 is 0 Å². The molecular formula is C14H15N3O3. The van der Waals surface area contributed by atoms with Gasteiger partial charge in [0.2, 0.25) is 5.88 Å². The number of ether oxygens (including phenoxy) is 1. The molecule has 20 heavy (non-hydrogen) atoms. The predicted octanol–water partition coefficient (Wildman–Crippen LogP) is 1.31. The Balaban J connectivity index is 2.06. The van der Waals surface area contributed by atoms with Crippen LogP contribution in [-0.2, 0) is 6.54 Å². The van der Waals surface area contributed by atoms with Gasteiger partial charge in [0.1, 0.15) is 0 Å². The molecule has 0 spiro atoms. The van der Waals surface area contributed by atoms with E-state index in [1.807, 2.05) is 0 Å². The normalized spacial score (nSPS) is 10.1. The van der Waals surface area contributed by atoms with Crippen molar-refractivity contribution in [2.45, 2.75) is 6.54 Å². The molecule has 1 aromatic carbocycles. The first-order valence-electron chi connectivity index (χ1n) is 5.96. The molecule has 104 valence electrons. The molecule has 0 saturated heterocycles. The van der Waals surface area contributed by atoms with Gasteiger partial charge in [0.05, 0.1) is 18.4 Å². The van der Waals surface area contributed by atoms with E-state index in [0.29, 0.717) is 12.4 Å². The molecule has 4 N–H and O–H groups in total. The lowest BCUT2D eigenvalue weighted by molar-refractivity contribution is 0.0948. The SMILES string of the molecule is COc1cc(CNC(=O)c2cccc(N)c2O)ccn1. The number of benzene rings is 1. The van der Waals surface area contributed by atoms with E-state index < -0.39 is 5.91 Å². The van der Waals surface area contributed by atoms with Crippen molar-refractivity contribution in [1.29, 1.82) is 0 Å². The van der Waals surface area contributed by atoms with Crippen molar-refractivity contribution in [2.24, 2.45) is 0 Å². The number of amides is 1. The summed E-state index contributed by atoms with van der Waals surface area (Å²) in [5.41, 5.74) is 6.70. The third kappa shape index (κ3) is 2.97. The van der Waals surface area contributed by atoms with Crippen LogP contribution in [0, 0.1) is 0 Å². The molecule has 0 bridgehead atoms. The van der Waals surface area contributed by atoms with Gasteiger partial charge >= 0.3 is 0 Å². The monoisotopic (exact) mass is 273 g/mol. The number of nitrogen functional groups attached to an aromatic ring is 1. The molecule has 0 unspecified atom stereocenters. The number of methoxy groups -OCH3 is 1. The standard InChI is InChI=1S/C14H15N3O3/c1-20-12-7-9(5-6-16-12)8-17-14(19)10-3-2-4-11(15)13(10)18/h2-7,18H,8,15H2,1H3,(H,17,19). The highest BCUT2D eigenvalue weighted by Crippen LogP contribution is 2.24. The number of nitrogens with one attached hydrogen (secondary N) is 1. The summed E-state index contributed by atoms with van der Waals surface area (Å²) in [6, 6.07) is 8.13. The van der Waals surface area contributed by atoms with Crippen LogP contribution in [0.2, 0.25) is 0 Å². The first kappa shape index (κ1) is 13.7. The lowest BCUT2D eigenvalue weighted by atomic mass is 10.1. The second kappa shape index (κ2) is 5.92. The lowest BCUT2D eigenvalue weighted by Crippen LogP contribution is -2.23. The fraction of sp³-hybridized carbons (Fsp3) is 0.143. The zero-order chi connectivity index (χ0) is 14.5. The summed E-state index contributed by atoms with van der Waals surface area (Å²) in [4.78, 5) is 15.9. The molecule has 2 rings (SSSR count). The molecule has 0 aliphatic rings. The number of nitrogens with zero attached hydrogens (tertiary/aromatic N) is 1. The van der Waals surface area contributed by atoms with Crippen molar-refractivity contribution in [3.05, 3.63) is 47.7 Å². The zero-order valence-corrected chi connectivity index (χ0v) is 11.0. The van der Waals surface area contributed by atoms with E-state index in [1.54, 1.807) is 24.4 Å². The fourth-order valence-electron chi connectivity index (χ4n) is 1.69. The van der Waals surface area contributed by atoms with Gasteiger partial charge < -0.3 is 20.9 Å². The number of aromatic hydroxyl groups is 1. The Hall–Kier alpha value is -2.76. The van der Waals surface area contributed by atoms with Crippen molar-refractivity contribution in [2.75, 3.05) is 12.8 Å². The van der Waals surface area contributed by atoms with E-state index in [-0.39, 0.29) is 17.0 Å². The summed E-state index contributed by atoms with van der Waals surface area (Å²) >= 11 is 0. The number of hydrogen-bond acceptors (Lipinski definition) is 5. The van der Waals surface area contributed by atoms with Gasteiger partial charge in [0.25, 0.3) is 5.91 Å². The van der Waals surface area contributed by atoms with E-state index in [1.165, 1.54) is 19.2 Å². The maximum Gasteiger partial charge on any atom is 0.255 e. The van der Waals surface area contributed by atoms with Crippen molar-refractivity contribution in [1.82, 2.24) is 10.3 Å². The summed E-state index contributed by atoms with van der Waals surface area (Å²) in [5, 5.41) is 12.4. The summed E-state index contributed by atoms with van der Waals surface area (Å²) in [6.45, 7) is 0.298. The highest BCUT2D eigenvalue weighted by atomic mass is 16.5. The van der Waals surface area contributed by atoms with Crippen LogP contribution in [-0.4, -0.2) is 23.1 Å². The molecule has 1 aromatic heterocycles. The van der Waals surface area contributed by atoms with Gasteiger partial charge in [-0.1, -0.05) is 6.07 Å². The Morgan fingerprint density at radius 1 is 1.45 bits per heavy atom. The number of phenolic OH excluding ortho intramolecular Hbond substituents is 1. The van der Waals surface area contributed by atoms with Crippen LogP contribution >= 0.6 is 0 Å². The second-order valence-corrected chi connectivity index (χ2v) is 4.13. The number of carbonyl (C=O) groups is 1. The number of carbonyl (C=O) groups excluding carboxylic acids is 1.